The van der Waals surface area contributed by atoms with E-state index < -0.39 is 0 Å². The molecule has 3 aliphatic rings. The van der Waals surface area contributed by atoms with Crippen LogP contribution in [-0.4, -0.2) is 64.7 Å². The van der Waals surface area contributed by atoms with Crippen LogP contribution in [0.1, 0.15) is 86.5 Å². The first kappa shape index (κ1) is 20.6. The fourth-order valence-corrected chi connectivity index (χ4v) is 6.68. The smallest absolute Gasteiger partial charge is 0.0737 e. The SMILES string of the molecule is CC1CCC(C)C(C)(C2CCCCN2C2(C)C(C)CCC(C)N2C)N1C. The first-order chi connectivity index (χ1) is 12.1. The molecule has 0 N–H and O–H groups in total. The highest BCUT2D eigenvalue weighted by molar-refractivity contribution is 5.09. The number of hydrogen-bond acceptors (Lipinski definition) is 3. The molecule has 152 valence electrons. The van der Waals surface area contributed by atoms with E-state index in [2.05, 4.69) is 70.3 Å². The Balaban J connectivity index is 2.00. The summed E-state index contributed by atoms with van der Waals surface area (Å²) in [6.45, 7) is 16.3. The van der Waals surface area contributed by atoms with Gasteiger partial charge in [0.1, 0.15) is 0 Å². The van der Waals surface area contributed by atoms with Gasteiger partial charge in [0.25, 0.3) is 0 Å². The average molecular weight is 364 g/mol. The number of hydrogen-bond donors (Lipinski definition) is 0. The monoisotopic (exact) mass is 363 g/mol. The van der Waals surface area contributed by atoms with Crippen LogP contribution >= 0.6 is 0 Å². The van der Waals surface area contributed by atoms with Crippen molar-refractivity contribution in [3.8, 4) is 0 Å². The highest BCUT2D eigenvalue weighted by atomic mass is 15.4. The van der Waals surface area contributed by atoms with E-state index >= 15 is 0 Å². The van der Waals surface area contributed by atoms with Crippen molar-refractivity contribution in [1.29, 1.82) is 0 Å². The Morgan fingerprint density at radius 1 is 0.692 bits per heavy atom. The fraction of sp³-hybridized carbons (Fsp3) is 1.00. The van der Waals surface area contributed by atoms with E-state index in [1.165, 1.54) is 51.5 Å². The fourth-order valence-electron chi connectivity index (χ4n) is 6.68. The van der Waals surface area contributed by atoms with Crippen LogP contribution < -0.4 is 0 Å². The van der Waals surface area contributed by atoms with Gasteiger partial charge >= 0.3 is 0 Å². The lowest BCUT2D eigenvalue weighted by molar-refractivity contribution is -0.179. The molecular weight excluding hydrogens is 318 g/mol. The number of nitrogens with zero attached hydrogens (tertiary/aromatic N) is 3. The van der Waals surface area contributed by atoms with E-state index in [4.69, 9.17) is 0 Å². The van der Waals surface area contributed by atoms with Gasteiger partial charge in [0.05, 0.1) is 5.66 Å². The molecule has 7 atom stereocenters. The van der Waals surface area contributed by atoms with Crippen LogP contribution in [0.3, 0.4) is 0 Å². The standard InChI is InChI=1S/C23H45N3/c1-17-12-14-19(3)24(7)22(17,5)21-11-9-10-16-26(21)23(6)18(2)13-15-20(4)25(23)8/h17-21H,9-16H2,1-8H3. The maximum Gasteiger partial charge on any atom is 0.0737 e. The molecule has 3 rings (SSSR count). The molecule has 3 fully saturated rings. The molecule has 0 bridgehead atoms. The lowest BCUT2D eigenvalue weighted by Crippen LogP contribution is -2.75. The maximum absolute atomic E-state index is 2.97. The van der Waals surface area contributed by atoms with Crippen LogP contribution in [0.2, 0.25) is 0 Å². The van der Waals surface area contributed by atoms with E-state index in [9.17, 15) is 0 Å². The van der Waals surface area contributed by atoms with Crippen molar-refractivity contribution >= 4 is 0 Å². The molecule has 3 heterocycles. The number of likely N-dealkylation sites (N-methyl/N-ethyl adjacent to an activating group) is 1. The largest absolute Gasteiger partial charge is 0.296 e. The summed E-state index contributed by atoms with van der Waals surface area (Å²) in [5.41, 5.74) is 0.468. The minimum Gasteiger partial charge on any atom is -0.296 e. The minimum atomic E-state index is 0.188. The van der Waals surface area contributed by atoms with Gasteiger partial charge in [-0.05, 0) is 92.2 Å². The predicted octanol–water partition coefficient (Wildman–Crippen LogP) is 4.82. The lowest BCUT2D eigenvalue weighted by Gasteiger charge is -2.65. The van der Waals surface area contributed by atoms with Crippen LogP contribution in [0.4, 0.5) is 0 Å². The molecule has 0 aromatic carbocycles. The molecule has 3 aliphatic heterocycles. The molecule has 0 spiro atoms. The molecule has 0 aromatic heterocycles. The number of rotatable bonds is 2. The van der Waals surface area contributed by atoms with Crippen LogP contribution in [0.25, 0.3) is 0 Å². The third-order valence-electron chi connectivity index (χ3n) is 9.52. The van der Waals surface area contributed by atoms with Crippen molar-refractivity contribution in [3.05, 3.63) is 0 Å². The summed E-state index contributed by atoms with van der Waals surface area (Å²) in [4.78, 5) is 8.45. The van der Waals surface area contributed by atoms with Gasteiger partial charge in [-0.25, -0.2) is 0 Å². The Hall–Kier alpha value is -0.120. The maximum atomic E-state index is 2.97. The summed E-state index contributed by atoms with van der Waals surface area (Å²) in [7, 11) is 4.80. The third kappa shape index (κ3) is 2.97. The number of likely N-dealkylation sites (tertiary alicyclic amines) is 3. The van der Waals surface area contributed by atoms with Gasteiger partial charge in [-0.15, -0.1) is 0 Å². The van der Waals surface area contributed by atoms with Gasteiger partial charge in [0.2, 0.25) is 0 Å². The van der Waals surface area contributed by atoms with Gasteiger partial charge in [-0.1, -0.05) is 20.3 Å². The van der Waals surface area contributed by atoms with Crippen LogP contribution in [-0.2, 0) is 0 Å². The molecule has 26 heavy (non-hydrogen) atoms. The van der Waals surface area contributed by atoms with Crippen molar-refractivity contribution in [2.75, 3.05) is 20.6 Å². The molecule has 3 saturated heterocycles. The molecule has 0 aliphatic carbocycles. The summed E-state index contributed by atoms with van der Waals surface area (Å²) in [6.07, 6.45) is 9.57. The first-order valence-electron chi connectivity index (χ1n) is 11.4. The second-order valence-corrected chi connectivity index (χ2v) is 10.4. The number of piperidine rings is 3. The molecular formula is C23H45N3. The Labute approximate surface area is 163 Å². The van der Waals surface area contributed by atoms with Crippen LogP contribution in [0, 0.1) is 11.8 Å². The molecule has 3 heteroatoms. The average Bonchev–Trinajstić information content (AvgIpc) is 2.64. The zero-order valence-electron chi connectivity index (χ0n) is 18.9. The third-order valence-corrected chi connectivity index (χ3v) is 9.52. The highest BCUT2D eigenvalue weighted by Gasteiger charge is 2.55. The second kappa shape index (κ2) is 7.37. The Morgan fingerprint density at radius 3 is 1.92 bits per heavy atom. The van der Waals surface area contributed by atoms with Crippen molar-refractivity contribution in [1.82, 2.24) is 14.7 Å². The van der Waals surface area contributed by atoms with Crippen molar-refractivity contribution in [2.45, 2.75) is 116 Å². The van der Waals surface area contributed by atoms with Crippen molar-refractivity contribution in [3.63, 3.8) is 0 Å². The Morgan fingerprint density at radius 2 is 1.27 bits per heavy atom. The Bertz CT molecular complexity index is 450. The van der Waals surface area contributed by atoms with Crippen LogP contribution in [0.5, 0.6) is 0 Å². The molecule has 0 saturated carbocycles. The summed E-state index contributed by atoms with van der Waals surface area (Å²) in [6, 6.07) is 2.06. The summed E-state index contributed by atoms with van der Waals surface area (Å²) >= 11 is 0. The summed E-state index contributed by atoms with van der Waals surface area (Å²) in [5.74, 6) is 1.49. The van der Waals surface area contributed by atoms with E-state index in [0.717, 1.165) is 11.8 Å². The molecule has 0 aromatic rings. The van der Waals surface area contributed by atoms with Gasteiger partial charge < -0.3 is 0 Å². The summed E-state index contributed by atoms with van der Waals surface area (Å²) in [5, 5.41) is 0. The normalized spacial score (nSPS) is 50.1. The summed E-state index contributed by atoms with van der Waals surface area (Å²) < 4.78 is 0. The van der Waals surface area contributed by atoms with E-state index in [-0.39, 0.29) is 11.2 Å². The highest BCUT2D eigenvalue weighted by Crippen LogP contribution is 2.48. The lowest BCUT2D eigenvalue weighted by atomic mass is 9.68. The molecule has 7 unspecified atom stereocenters. The van der Waals surface area contributed by atoms with Gasteiger partial charge in [0, 0.05) is 30.2 Å². The molecule has 0 radical (unpaired) electrons. The quantitative estimate of drug-likeness (QED) is 0.696. The van der Waals surface area contributed by atoms with E-state index in [1.54, 1.807) is 0 Å². The molecule has 0 amide bonds. The minimum absolute atomic E-state index is 0.188. The van der Waals surface area contributed by atoms with E-state index in [1.807, 2.05) is 0 Å². The van der Waals surface area contributed by atoms with Crippen molar-refractivity contribution < 1.29 is 0 Å². The topological polar surface area (TPSA) is 9.72 Å². The molecule has 3 nitrogen and oxygen atoms in total. The Kier molecular flexibility index (Phi) is 5.84. The van der Waals surface area contributed by atoms with Crippen molar-refractivity contribution in [2.24, 2.45) is 11.8 Å². The van der Waals surface area contributed by atoms with Crippen LogP contribution in [0.15, 0.2) is 0 Å². The predicted molar refractivity (Wildman–Crippen MR) is 112 cm³/mol. The van der Waals surface area contributed by atoms with Gasteiger partial charge in [-0.2, -0.15) is 0 Å². The van der Waals surface area contributed by atoms with E-state index in [0.29, 0.717) is 18.1 Å². The van der Waals surface area contributed by atoms with Gasteiger partial charge in [-0.3, -0.25) is 14.7 Å². The second-order valence-electron chi connectivity index (χ2n) is 10.4. The first-order valence-corrected chi connectivity index (χ1v) is 11.4. The zero-order valence-corrected chi connectivity index (χ0v) is 18.9. The zero-order chi connectivity index (χ0) is 19.3. The van der Waals surface area contributed by atoms with Gasteiger partial charge in [0.15, 0.2) is 0 Å².